The number of ether oxygens (including phenoxy) is 1. The molecule has 1 heterocycles. The molecule has 0 unspecified atom stereocenters. The number of fused-ring (bicyclic) bond motifs is 1. The summed E-state index contributed by atoms with van der Waals surface area (Å²) < 4.78 is 33.5. The van der Waals surface area contributed by atoms with Gasteiger partial charge in [-0.05, 0) is 85.0 Å². The largest absolute Gasteiger partial charge is 0.495 e. The fraction of sp³-hybridized carbons (Fsp3) is 0.160. The smallest absolute Gasteiger partial charge is 0.265 e. The summed E-state index contributed by atoms with van der Waals surface area (Å²) in [5, 5.41) is 3.93. The summed E-state index contributed by atoms with van der Waals surface area (Å²) in [6.07, 6.45) is 0. The van der Waals surface area contributed by atoms with Crippen LogP contribution in [-0.2, 0) is 10.0 Å². The Labute approximate surface area is 207 Å². The van der Waals surface area contributed by atoms with Gasteiger partial charge in [-0.1, -0.05) is 17.7 Å². The van der Waals surface area contributed by atoms with E-state index in [9.17, 15) is 13.2 Å². The van der Waals surface area contributed by atoms with E-state index in [1.807, 2.05) is 38.1 Å². The molecule has 4 aromatic rings. The molecule has 0 bridgehead atoms. The molecule has 34 heavy (non-hydrogen) atoms. The number of carbonyl (C=O) groups is 1. The first-order valence-electron chi connectivity index (χ1n) is 10.3. The van der Waals surface area contributed by atoms with Gasteiger partial charge in [-0.25, -0.2) is 8.42 Å². The lowest BCUT2D eigenvalue weighted by Gasteiger charge is -2.20. The zero-order chi connectivity index (χ0) is 24.6. The first-order valence-corrected chi connectivity index (χ1v) is 13.0. The van der Waals surface area contributed by atoms with Gasteiger partial charge in [0.25, 0.3) is 15.9 Å². The SMILES string of the molecule is COc1ccc(S(=O)(=O)N(C)c2ccc3sc(C(=O)Nc4cc(C)cc(C)c4)cc3c2)cc1Cl. The van der Waals surface area contributed by atoms with Crippen LogP contribution >= 0.6 is 22.9 Å². The van der Waals surface area contributed by atoms with Gasteiger partial charge in [0.2, 0.25) is 0 Å². The van der Waals surface area contributed by atoms with Crippen LogP contribution in [-0.4, -0.2) is 28.5 Å². The van der Waals surface area contributed by atoms with Gasteiger partial charge in [-0.3, -0.25) is 9.10 Å². The van der Waals surface area contributed by atoms with Crippen molar-refractivity contribution in [1.82, 2.24) is 0 Å². The zero-order valence-corrected chi connectivity index (χ0v) is 21.4. The fourth-order valence-corrected chi connectivity index (χ4v) is 6.16. The number of halogens is 1. The lowest BCUT2D eigenvalue weighted by molar-refractivity contribution is 0.103. The highest BCUT2D eigenvalue weighted by molar-refractivity contribution is 7.92. The number of anilines is 2. The molecule has 0 aliphatic rings. The Morgan fingerprint density at radius 1 is 1.00 bits per heavy atom. The van der Waals surface area contributed by atoms with Crippen molar-refractivity contribution >= 4 is 60.3 Å². The van der Waals surface area contributed by atoms with Gasteiger partial charge in [0.15, 0.2) is 0 Å². The molecule has 3 aromatic carbocycles. The molecule has 0 aliphatic carbocycles. The predicted octanol–water partition coefficient (Wildman–Crippen LogP) is 6.26. The molecule has 0 aliphatic heterocycles. The molecule has 176 valence electrons. The molecule has 1 amide bonds. The monoisotopic (exact) mass is 514 g/mol. The number of nitrogens with zero attached hydrogens (tertiary/aromatic N) is 1. The maximum absolute atomic E-state index is 13.2. The molecular formula is C25H23ClN2O4S2. The summed E-state index contributed by atoms with van der Waals surface area (Å²) in [5.74, 6) is 0.191. The van der Waals surface area contributed by atoms with Gasteiger partial charge < -0.3 is 10.1 Å². The second kappa shape index (κ2) is 9.29. The Kier molecular flexibility index (Phi) is 6.58. The second-order valence-electron chi connectivity index (χ2n) is 7.93. The molecule has 0 radical (unpaired) electrons. The highest BCUT2D eigenvalue weighted by atomic mass is 35.5. The molecule has 0 fully saturated rings. The van der Waals surface area contributed by atoms with Crippen LogP contribution in [0.2, 0.25) is 5.02 Å². The lowest BCUT2D eigenvalue weighted by atomic mass is 10.1. The number of amides is 1. The maximum atomic E-state index is 13.2. The van der Waals surface area contributed by atoms with E-state index in [1.54, 1.807) is 18.2 Å². The molecule has 0 saturated heterocycles. The molecule has 1 aromatic heterocycles. The van der Waals surface area contributed by atoms with E-state index in [4.69, 9.17) is 16.3 Å². The van der Waals surface area contributed by atoms with Crippen molar-refractivity contribution in [2.75, 3.05) is 23.8 Å². The molecule has 4 rings (SSSR count). The van der Waals surface area contributed by atoms with Crippen LogP contribution in [0.3, 0.4) is 0 Å². The van der Waals surface area contributed by atoms with Crippen molar-refractivity contribution in [1.29, 1.82) is 0 Å². The number of nitrogens with one attached hydrogen (secondary N) is 1. The first-order chi connectivity index (χ1) is 16.1. The molecule has 0 saturated carbocycles. The molecule has 6 nitrogen and oxygen atoms in total. The highest BCUT2D eigenvalue weighted by Gasteiger charge is 2.23. The van der Waals surface area contributed by atoms with Gasteiger partial charge in [-0.2, -0.15) is 0 Å². The fourth-order valence-electron chi connectivity index (χ4n) is 3.68. The van der Waals surface area contributed by atoms with Gasteiger partial charge in [-0.15, -0.1) is 11.3 Å². The second-order valence-corrected chi connectivity index (χ2v) is 11.4. The molecule has 0 spiro atoms. The minimum Gasteiger partial charge on any atom is -0.495 e. The van der Waals surface area contributed by atoms with Crippen LogP contribution in [0, 0.1) is 13.8 Å². The number of benzene rings is 3. The van der Waals surface area contributed by atoms with Crippen molar-refractivity contribution < 1.29 is 17.9 Å². The Balaban J connectivity index is 1.61. The third kappa shape index (κ3) is 4.75. The standard InChI is InChI=1S/C25H23ClN2O4S2/c1-15-9-16(2)11-18(10-15)27-25(29)24-13-17-12-19(5-8-23(17)33-24)28(3)34(30,31)20-6-7-22(32-4)21(26)14-20/h5-14H,1-4H3,(H,27,29). The molecule has 1 N–H and O–H groups in total. The molecule has 0 atom stereocenters. The summed E-state index contributed by atoms with van der Waals surface area (Å²) in [6, 6.07) is 17.3. The maximum Gasteiger partial charge on any atom is 0.265 e. The normalized spacial score (nSPS) is 11.4. The third-order valence-corrected chi connectivity index (χ3v) is 8.54. The summed E-state index contributed by atoms with van der Waals surface area (Å²) in [5.41, 5.74) is 3.35. The predicted molar refractivity (Wildman–Crippen MR) is 139 cm³/mol. The van der Waals surface area contributed by atoms with Crippen LogP contribution < -0.4 is 14.4 Å². The quantitative estimate of drug-likeness (QED) is 0.329. The zero-order valence-electron chi connectivity index (χ0n) is 19.0. The Morgan fingerprint density at radius 2 is 1.71 bits per heavy atom. The summed E-state index contributed by atoms with van der Waals surface area (Å²) >= 11 is 7.48. The topological polar surface area (TPSA) is 75.7 Å². The minimum atomic E-state index is -3.85. The number of methoxy groups -OCH3 is 1. The van der Waals surface area contributed by atoms with E-state index in [2.05, 4.69) is 5.32 Å². The highest BCUT2D eigenvalue weighted by Crippen LogP contribution is 2.33. The van der Waals surface area contributed by atoms with Crippen LogP contribution in [0.25, 0.3) is 10.1 Å². The third-order valence-electron chi connectivity index (χ3n) is 5.35. The van der Waals surface area contributed by atoms with Gasteiger partial charge in [0.05, 0.1) is 27.6 Å². The van der Waals surface area contributed by atoms with Gasteiger partial charge >= 0.3 is 0 Å². The van der Waals surface area contributed by atoms with Crippen LogP contribution in [0.5, 0.6) is 5.75 Å². The van der Waals surface area contributed by atoms with E-state index in [0.717, 1.165) is 26.9 Å². The van der Waals surface area contributed by atoms with Crippen LogP contribution in [0.4, 0.5) is 11.4 Å². The van der Waals surface area contributed by atoms with Crippen LogP contribution in [0.1, 0.15) is 20.8 Å². The number of rotatable bonds is 6. The Hall–Kier alpha value is -3.07. The number of hydrogen-bond donors (Lipinski definition) is 1. The summed E-state index contributed by atoms with van der Waals surface area (Å²) in [6.45, 7) is 3.96. The number of hydrogen-bond acceptors (Lipinski definition) is 5. The van der Waals surface area contributed by atoms with Crippen molar-refractivity contribution in [2.45, 2.75) is 18.7 Å². The molecular weight excluding hydrogens is 492 g/mol. The van der Waals surface area contributed by atoms with E-state index in [0.29, 0.717) is 16.3 Å². The van der Waals surface area contributed by atoms with Crippen molar-refractivity contribution in [3.05, 3.63) is 81.7 Å². The van der Waals surface area contributed by atoms with Gasteiger partial charge in [0.1, 0.15) is 5.75 Å². The molecule has 9 heteroatoms. The van der Waals surface area contributed by atoms with E-state index < -0.39 is 10.0 Å². The number of thiophene rings is 1. The van der Waals surface area contributed by atoms with Gasteiger partial charge in [0, 0.05) is 17.4 Å². The number of aryl methyl sites for hydroxylation is 2. The van der Waals surface area contributed by atoms with Crippen LogP contribution in [0.15, 0.2) is 65.6 Å². The lowest BCUT2D eigenvalue weighted by Crippen LogP contribution is -2.26. The summed E-state index contributed by atoms with van der Waals surface area (Å²) in [4.78, 5) is 13.4. The Morgan fingerprint density at radius 3 is 2.35 bits per heavy atom. The average molecular weight is 515 g/mol. The number of carbonyl (C=O) groups excluding carboxylic acids is 1. The number of sulfonamides is 1. The van der Waals surface area contributed by atoms with Crippen molar-refractivity contribution in [3.8, 4) is 5.75 Å². The van der Waals surface area contributed by atoms with Crippen molar-refractivity contribution in [3.63, 3.8) is 0 Å². The van der Waals surface area contributed by atoms with E-state index in [-0.39, 0.29) is 15.8 Å². The Bertz CT molecular complexity index is 1490. The minimum absolute atomic E-state index is 0.0553. The van der Waals surface area contributed by atoms with E-state index in [1.165, 1.54) is 48.0 Å². The van der Waals surface area contributed by atoms with E-state index >= 15 is 0 Å². The first kappa shape index (κ1) is 24.1. The van der Waals surface area contributed by atoms with Crippen molar-refractivity contribution in [2.24, 2.45) is 0 Å². The average Bonchev–Trinajstić information content (AvgIpc) is 3.21. The summed E-state index contributed by atoms with van der Waals surface area (Å²) in [7, 11) is -0.902.